The average Bonchev–Trinajstić information content (AvgIpc) is 3.09. The van der Waals surface area contributed by atoms with E-state index in [1.807, 2.05) is 6.92 Å². The summed E-state index contributed by atoms with van der Waals surface area (Å²) >= 11 is 0. The van der Waals surface area contributed by atoms with Crippen molar-refractivity contribution < 1.29 is 19.7 Å². The van der Waals surface area contributed by atoms with E-state index in [1.54, 1.807) is 13.2 Å². The Morgan fingerprint density at radius 1 is 1.33 bits per heavy atom. The van der Waals surface area contributed by atoms with Crippen LogP contribution in [-0.4, -0.2) is 59.2 Å². The summed E-state index contributed by atoms with van der Waals surface area (Å²) in [5, 5.41) is 22.4. The maximum Gasteiger partial charge on any atom is 0.165 e. The van der Waals surface area contributed by atoms with E-state index in [2.05, 4.69) is 37.1 Å². The molecule has 7 atom stereocenters. The number of hydrogen-bond acceptors (Lipinski definition) is 5. The van der Waals surface area contributed by atoms with Crippen molar-refractivity contribution in [1.29, 1.82) is 0 Å². The summed E-state index contributed by atoms with van der Waals surface area (Å²) in [6.07, 6.45) is 8.86. The predicted molar refractivity (Wildman–Crippen MR) is 114 cm³/mol. The van der Waals surface area contributed by atoms with Crippen LogP contribution in [0.4, 0.5) is 0 Å². The third-order valence-electron chi connectivity index (χ3n) is 9.58. The number of likely N-dealkylation sites (N-methyl/N-ethyl adjacent to an activating group) is 1. The van der Waals surface area contributed by atoms with E-state index in [0.717, 1.165) is 38.6 Å². The number of piperidine rings is 1. The van der Waals surface area contributed by atoms with Crippen LogP contribution in [0, 0.1) is 11.3 Å². The molecule has 0 unspecified atom stereocenters. The van der Waals surface area contributed by atoms with Gasteiger partial charge < -0.3 is 24.6 Å². The van der Waals surface area contributed by atoms with Gasteiger partial charge in [-0.1, -0.05) is 31.6 Å². The van der Waals surface area contributed by atoms with Crippen LogP contribution >= 0.6 is 0 Å². The lowest BCUT2D eigenvalue weighted by Gasteiger charge is -2.72. The van der Waals surface area contributed by atoms with Gasteiger partial charge in [-0.15, -0.1) is 0 Å². The van der Waals surface area contributed by atoms with Crippen LogP contribution in [0.3, 0.4) is 0 Å². The van der Waals surface area contributed by atoms with Crippen molar-refractivity contribution >= 4 is 0 Å². The topological polar surface area (TPSA) is 62.2 Å². The molecule has 6 aliphatic rings. The monoisotopic (exact) mass is 411 g/mol. The molecule has 0 amide bonds. The highest BCUT2D eigenvalue weighted by molar-refractivity contribution is 5.65. The number of rotatable bonds is 4. The van der Waals surface area contributed by atoms with Gasteiger partial charge >= 0.3 is 0 Å². The summed E-state index contributed by atoms with van der Waals surface area (Å²) < 4.78 is 13.1. The van der Waals surface area contributed by atoms with Gasteiger partial charge in [0.2, 0.25) is 0 Å². The second-order valence-corrected chi connectivity index (χ2v) is 10.7. The van der Waals surface area contributed by atoms with Crippen molar-refractivity contribution in [2.75, 3.05) is 20.7 Å². The molecule has 1 aromatic carbocycles. The molecule has 4 aliphatic carbocycles. The molecular formula is C25H33NO4. The third-order valence-corrected chi connectivity index (χ3v) is 9.58. The maximum absolute atomic E-state index is 11.7. The molecule has 2 fully saturated rings. The molecule has 162 valence electrons. The van der Waals surface area contributed by atoms with Crippen molar-refractivity contribution in [3.8, 4) is 11.5 Å². The summed E-state index contributed by atoms with van der Waals surface area (Å²) in [4.78, 5) is 2.51. The molecule has 0 aromatic heterocycles. The Hall–Kier alpha value is -1.56. The largest absolute Gasteiger partial charge is 0.504 e. The summed E-state index contributed by atoms with van der Waals surface area (Å²) in [7, 11) is 4.00. The molecular weight excluding hydrogens is 378 g/mol. The number of benzene rings is 1. The Morgan fingerprint density at radius 3 is 2.87 bits per heavy atom. The number of aromatic hydroxyl groups is 1. The van der Waals surface area contributed by atoms with Gasteiger partial charge in [-0.05, 0) is 57.8 Å². The SMILES string of the molecule is CCC[C@](C)(O)[C@H]1C[C@@]23C=C[C@]1(OC)[C@@H]1Oc4c(O)ccc5c4[C@@]12CCN(C)[C@@H]3C5. The third kappa shape index (κ3) is 1.80. The number of methoxy groups -OCH3 is 1. The van der Waals surface area contributed by atoms with E-state index in [1.165, 1.54) is 11.1 Å². The summed E-state index contributed by atoms with van der Waals surface area (Å²) in [5.41, 5.74) is 0.625. The second-order valence-electron chi connectivity index (χ2n) is 10.7. The molecule has 2 N–H and O–H groups in total. The molecule has 0 radical (unpaired) electrons. The molecule has 2 heterocycles. The van der Waals surface area contributed by atoms with E-state index >= 15 is 0 Å². The molecule has 1 saturated carbocycles. The molecule has 7 rings (SSSR count). The lowest BCUT2D eigenvalue weighted by Crippen LogP contribution is -2.80. The first-order valence-electron chi connectivity index (χ1n) is 11.5. The maximum atomic E-state index is 11.7. The highest BCUT2D eigenvalue weighted by atomic mass is 16.6. The average molecular weight is 412 g/mol. The van der Waals surface area contributed by atoms with E-state index in [-0.39, 0.29) is 28.6 Å². The molecule has 30 heavy (non-hydrogen) atoms. The van der Waals surface area contributed by atoms with Crippen molar-refractivity contribution in [3.05, 3.63) is 35.4 Å². The van der Waals surface area contributed by atoms with Crippen molar-refractivity contribution in [2.45, 2.75) is 74.7 Å². The fourth-order valence-electron chi connectivity index (χ4n) is 8.44. The van der Waals surface area contributed by atoms with Crippen molar-refractivity contribution in [2.24, 2.45) is 11.3 Å². The van der Waals surface area contributed by atoms with Crippen LogP contribution in [0.5, 0.6) is 11.5 Å². The van der Waals surface area contributed by atoms with Gasteiger partial charge in [-0.2, -0.15) is 0 Å². The number of phenols is 1. The number of phenolic OH excluding ortho intramolecular Hbond substituents is 1. The van der Waals surface area contributed by atoms with Crippen LogP contribution in [0.1, 0.15) is 50.7 Å². The van der Waals surface area contributed by atoms with Gasteiger partial charge in [0.15, 0.2) is 11.5 Å². The fraction of sp³-hybridized carbons (Fsp3) is 0.680. The van der Waals surface area contributed by atoms with Crippen LogP contribution < -0.4 is 4.74 Å². The zero-order valence-corrected chi connectivity index (χ0v) is 18.4. The van der Waals surface area contributed by atoms with Crippen LogP contribution in [0.25, 0.3) is 0 Å². The molecule has 5 nitrogen and oxygen atoms in total. The number of ether oxygens (including phenoxy) is 2. The van der Waals surface area contributed by atoms with E-state index in [9.17, 15) is 10.2 Å². The second kappa shape index (κ2) is 5.62. The van der Waals surface area contributed by atoms with Crippen LogP contribution in [0.15, 0.2) is 24.3 Å². The molecule has 2 spiro atoms. The van der Waals surface area contributed by atoms with Gasteiger partial charge in [0, 0.05) is 30.0 Å². The normalized spacial score (nSPS) is 44.5. The van der Waals surface area contributed by atoms with Gasteiger partial charge in [0.05, 0.1) is 11.0 Å². The first kappa shape index (κ1) is 19.1. The number of aliphatic hydroxyl groups is 1. The molecule has 4 bridgehead atoms. The first-order chi connectivity index (χ1) is 14.3. The Morgan fingerprint density at radius 2 is 2.13 bits per heavy atom. The number of hydrogen-bond donors (Lipinski definition) is 2. The van der Waals surface area contributed by atoms with Gasteiger partial charge in [0.1, 0.15) is 11.7 Å². The van der Waals surface area contributed by atoms with E-state index in [4.69, 9.17) is 9.47 Å². The quantitative estimate of drug-likeness (QED) is 0.746. The summed E-state index contributed by atoms with van der Waals surface area (Å²) in [6, 6.07) is 4.23. The Labute approximate surface area is 178 Å². The highest BCUT2D eigenvalue weighted by Gasteiger charge is 2.80. The fourth-order valence-corrected chi connectivity index (χ4v) is 8.44. The van der Waals surface area contributed by atoms with Gasteiger partial charge in [0.25, 0.3) is 0 Å². The van der Waals surface area contributed by atoms with Crippen LogP contribution in [-0.2, 0) is 16.6 Å². The minimum Gasteiger partial charge on any atom is -0.504 e. The van der Waals surface area contributed by atoms with Gasteiger partial charge in [-0.25, -0.2) is 0 Å². The summed E-state index contributed by atoms with van der Waals surface area (Å²) in [6.45, 7) is 5.11. The summed E-state index contributed by atoms with van der Waals surface area (Å²) in [5.74, 6) is 0.823. The zero-order valence-electron chi connectivity index (χ0n) is 18.4. The minimum atomic E-state index is -0.850. The van der Waals surface area contributed by atoms with Crippen molar-refractivity contribution in [1.82, 2.24) is 4.90 Å². The van der Waals surface area contributed by atoms with Crippen LogP contribution in [0.2, 0.25) is 0 Å². The lowest BCUT2D eigenvalue weighted by atomic mass is 9.36. The van der Waals surface area contributed by atoms with E-state index in [0.29, 0.717) is 11.8 Å². The molecule has 1 saturated heterocycles. The first-order valence-corrected chi connectivity index (χ1v) is 11.5. The Bertz CT molecular complexity index is 957. The Balaban J connectivity index is 1.66. The number of fused-ring (bicyclic) bond motifs is 1. The smallest absolute Gasteiger partial charge is 0.165 e. The molecule has 2 aliphatic heterocycles. The zero-order chi connectivity index (χ0) is 21.1. The Kier molecular flexibility index (Phi) is 3.59. The van der Waals surface area contributed by atoms with Crippen molar-refractivity contribution in [3.63, 3.8) is 0 Å². The highest BCUT2D eigenvalue weighted by Crippen LogP contribution is 2.75. The molecule has 1 aromatic rings. The van der Waals surface area contributed by atoms with E-state index < -0.39 is 11.2 Å². The molecule has 5 heteroatoms. The number of nitrogens with zero attached hydrogens (tertiary/aromatic N) is 1. The lowest BCUT2D eigenvalue weighted by molar-refractivity contribution is -0.247. The predicted octanol–water partition coefficient (Wildman–Crippen LogP) is 3.16. The standard InChI is InChI=1S/C25H33NO4/c1-5-8-22(2,28)17-14-23-9-10-25(17,29-4)21-24(23)11-12-26(3)18(23)13-15-6-7-16(27)20(30-21)19(15)24/h6-7,9-10,17-18,21,27-28H,5,8,11-14H2,1-4H3/t17-,18-,21-,22+,23-,24+,25-/m1/s1. The number of likely N-dealkylation sites (tertiary alicyclic amines) is 1. The minimum absolute atomic E-state index is 0.0647. The van der Waals surface area contributed by atoms with Gasteiger partial charge in [-0.3, -0.25) is 0 Å².